The van der Waals surface area contributed by atoms with Crippen LogP contribution in [0.3, 0.4) is 0 Å². The van der Waals surface area contributed by atoms with Gasteiger partial charge in [0.1, 0.15) is 5.69 Å². The molecule has 0 fully saturated rings. The van der Waals surface area contributed by atoms with Gasteiger partial charge in [0.25, 0.3) is 0 Å². The van der Waals surface area contributed by atoms with Gasteiger partial charge in [-0.3, -0.25) is 0 Å². The highest BCUT2D eigenvalue weighted by atomic mass is 35.5. The Hall–Kier alpha value is -3.73. The summed E-state index contributed by atoms with van der Waals surface area (Å²) in [6.45, 7) is 0. The molecule has 0 spiro atoms. The van der Waals surface area contributed by atoms with Crippen molar-refractivity contribution in [1.29, 1.82) is 15.8 Å². The largest absolute Gasteiger partial charge is 1.00 e. The average molecular weight is 334 g/mol. The van der Waals surface area contributed by atoms with E-state index in [1.54, 1.807) is 48.5 Å². The lowest BCUT2D eigenvalue weighted by molar-refractivity contribution is -0.735. The van der Waals surface area contributed by atoms with Gasteiger partial charge in [-0.25, -0.2) is 0 Å². The third-order valence-corrected chi connectivity index (χ3v) is 3.07. The van der Waals surface area contributed by atoms with Crippen LogP contribution >= 0.6 is 0 Å². The van der Waals surface area contributed by atoms with E-state index in [0.29, 0.717) is 22.5 Å². The monoisotopic (exact) mass is 333 g/mol. The molecule has 0 N–H and O–H groups in total. The number of hydrogen-bond acceptors (Lipinski definition) is 5. The molecule has 0 atom stereocenters. The molecule has 0 aliphatic heterocycles. The lowest BCUT2D eigenvalue weighted by Gasteiger charge is -2.00. The van der Waals surface area contributed by atoms with Crippen LogP contribution in [-0.4, -0.2) is 15.0 Å². The first-order valence-corrected chi connectivity index (χ1v) is 6.56. The second-order valence-corrected chi connectivity index (χ2v) is 4.54. The zero-order valence-electron chi connectivity index (χ0n) is 12.1. The molecular formula is C16H8ClN7. The minimum Gasteiger partial charge on any atom is -1.00 e. The van der Waals surface area contributed by atoms with Crippen molar-refractivity contribution in [1.82, 2.24) is 15.0 Å². The van der Waals surface area contributed by atoms with Crippen molar-refractivity contribution >= 4 is 0 Å². The summed E-state index contributed by atoms with van der Waals surface area (Å²) >= 11 is 0. The topological polar surface area (TPSA) is 106 Å². The molecule has 0 amide bonds. The third kappa shape index (κ3) is 3.05. The molecule has 0 bridgehead atoms. The number of tetrazole rings is 1. The zero-order chi connectivity index (χ0) is 16.2. The van der Waals surface area contributed by atoms with Crippen molar-refractivity contribution in [3.05, 3.63) is 65.5 Å². The number of nitriles is 3. The van der Waals surface area contributed by atoms with Gasteiger partial charge in [-0.1, -0.05) is 12.1 Å². The molecule has 0 aliphatic carbocycles. The van der Waals surface area contributed by atoms with Crippen molar-refractivity contribution in [3.8, 4) is 29.6 Å². The highest BCUT2D eigenvalue weighted by Gasteiger charge is 2.22. The van der Waals surface area contributed by atoms with E-state index in [-0.39, 0.29) is 18.2 Å². The van der Waals surface area contributed by atoms with Crippen LogP contribution in [0.1, 0.15) is 17.0 Å². The van der Waals surface area contributed by atoms with Crippen molar-refractivity contribution in [2.24, 2.45) is 0 Å². The van der Waals surface area contributed by atoms with Gasteiger partial charge in [0.15, 0.2) is 11.8 Å². The van der Waals surface area contributed by atoms with Gasteiger partial charge in [-0.2, -0.15) is 15.8 Å². The molecule has 8 heteroatoms. The molecule has 0 unspecified atom stereocenters. The summed E-state index contributed by atoms with van der Waals surface area (Å²) in [5.41, 5.74) is 2.10. The van der Waals surface area contributed by atoms with E-state index >= 15 is 0 Å². The summed E-state index contributed by atoms with van der Waals surface area (Å²) < 4.78 is 0. The van der Waals surface area contributed by atoms with Gasteiger partial charge in [0, 0.05) is 16.0 Å². The fourth-order valence-corrected chi connectivity index (χ4v) is 2.06. The van der Waals surface area contributed by atoms with Crippen molar-refractivity contribution in [3.63, 3.8) is 0 Å². The number of benzene rings is 2. The molecular weight excluding hydrogens is 326 g/mol. The Bertz CT molecular complexity index is 943. The summed E-state index contributed by atoms with van der Waals surface area (Å²) in [4.78, 5) is 2.83. The fourth-order valence-electron chi connectivity index (χ4n) is 2.06. The number of rotatable bonds is 2. The van der Waals surface area contributed by atoms with Crippen molar-refractivity contribution in [2.45, 2.75) is 0 Å². The number of aromatic nitrogens is 4. The standard InChI is InChI=1S/C16H8N7.ClH/c17-9-12-3-1-5-14(7-12)22-20-16(11-19)21-23(22)15-6-2-4-13(8-15)10-18;/h1-8H;1H/q+1;/p-1. The number of nitrogens with zero attached hydrogens (tertiary/aromatic N) is 7. The Balaban J connectivity index is 0.00000208. The highest BCUT2D eigenvalue weighted by Crippen LogP contribution is 2.09. The molecule has 0 saturated carbocycles. The predicted octanol–water partition coefficient (Wildman–Crippen LogP) is -1.84. The van der Waals surface area contributed by atoms with Crippen LogP contribution in [0.25, 0.3) is 11.4 Å². The summed E-state index contributed by atoms with van der Waals surface area (Å²) in [5.74, 6) is -0.0188. The van der Waals surface area contributed by atoms with Crippen LogP contribution in [0.4, 0.5) is 0 Å². The summed E-state index contributed by atoms with van der Waals surface area (Å²) in [6.07, 6.45) is 0. The molecule has 114 valence electrons. The maximum Gasteiger partial charge on any atom is 0.409 e. The normalized spacial score (nSPS) is 9.21. The van der Waals surface area contributed by atoms with Gasteiger partial charge in [0.05, 0.1) is 28.4 Å². The lowest BCUT2D eigenvalue weighted by Crippen LogP contribution is -3.00. The first-order chi connectivity index (χ1) is 11.2. The van der Waals surface area contributed by atoms with Gasteiger partial charge in [-0.05, 0) is 35.1 Å². The SMILES string of the molecule is N#Cc1cccc(-n2nc(C#N)n[n+]2-c2cccc(C#N)c2)c1.[Cl-]. The summed E-state index contributed by atoms with van der Waals surface area (Å²) in [7, 11) is 0. The minimum absolute atomic E-state index is 0. The minimum atomic E-state index is -0.0188. The molecule has 1 aromatic heterocycles. The van der Waals surface area contributed by atoms with E-state index in [4.69, 9.17) is 15.8 Å². The molecule has 3 rings (SSSR count). The van der Waals surface area contributed by atoms with Crippen molar-refractivity contribution < 1.29 is 17.2 Å². The second kappa shape index (κ2) is 7.02. The molecule has 2 aromatic carbocycles. The maximum atomic E-state index is 9.06. The average Bonchev–Trinajstić information content (AvgIpc) is 3.06. The molecule has 0 aliphatic rings. The van der Waals surface area contributed by atoms with Crippen LogP contribution in [0.15, 0.2) is 48.5 Å². The first-order valence-electron chi connectivity index (χ1n) is 6.56. The molecule has 1 heterocycles. The number of halogens is 1. The summed E-state index contributed by atoms with van der Waals surface area (Å²) in [5, 5.41) is 35.4. The van der Waals surface area contributed by atoms with Crippen LogP contribution in [0, 0.1) is 34.0 Å². The van der Waals surface area contributed by atoms with Crippen LogP contribution in [0.5, 0.6) is 0 Å². The van der Waals surface area contributed by atoms with E-state index in [1.807, 2.05) is 6.07 Å². The Labute approximate surface area is 143 Å². The summed E-state index contributed by atoms with van der Waals surface area (Å²) in [6, 6.07) is 19.6. The highest BCUT2D eigenvalue weighted by molar-refractivity contribution is 5.40. The lowest BCUT2D eigenvalue weighted by atomic mass is 10.2. The molecule has 3 aromatic rings. The van der Waals surface area contributed by atoms with E-state index in [1.165, 1.54) is 9.59 Å². The molecule has 7 nitrogen and oxygen atoms in total. The van der Waals surface area contributed by atoms with E-state index in [0.717, 1.165) is 0 Å². The smallest absolute Gasteiger partial charge is 0.409 e. The van der Waals surface area contributed by atoms with E-state index in [2.05, 4.69) is 22.3 Å². The van der Waals surface area contributed by atoms with E-state index < -0.39 is 0 Å². The van der Waals surface area contributed by atoms with Gasteiger partial charge >= 0.3 is 5.82 Å². The Kier molecular flexibility index (Phi) is 4.87. The molecule has 0 saturated heterocycles. The molecule has 0 radical (unpaired) electrons. The number of hydrogen-bond donors (Lipinski definition) is 0. The third-order valence-electron chi connectivity index (χ3n) is 3.07. The van der Waals surface area contributed by atoms with Gasteiger partial charge < -0.3 is 12.4 Å². The van der Waals surface area contributed by atoms with E-state index in [9.17, 15) is 0 Å². The van der Waals surface area contributed by atoms with Gasteiger partial charge in [-0.15, -0.1) is 0 Å². The Morgan fingerprint density at radius 2 is 1.54 bits per heavy atom. The fraction of sp³-hybridized carbons (Fsp3) is 0. The molecule has 24 heavy (non-hydrogen) atoms. The quantitative estimate of drug-likeness (QED) is 0.512. The predicted molar refractivity (Wildman–Crippen MR) is 77.0 cm³/mol. The van der Waals surface area contributed by atoms with Crippen LogP contribution in [0.2, 0.25) is 0 Å². The maximum absolute atomic E-state index is 9.06. The Morgan fingerprint density at radius 3 is 2.21 bits per heavy atom. The Morgan fingerprint density at radius 1 is 0.875 bits per heavy atom. The van der Waals surface area contributed by atoms with Gasteiger partial charge in [0.2, 0.25) is 0 Å². The zero-order valence-corrected chi connectivity index (χ0v) is 12.9. The van der Waals surface area contributed by atoms with Crippen LogP contribution in [-0.2, 0) is 0 Å². The first kappa shape index (κ1) is 16.6. The van der Waals surface area contributed by atoms with Crippen LogP contribution < -0.4 is 17.2 Å². The second-order valence-electron chi connectivity index (χ2n) is 4.54. The van der Waals surface area contributed by atoms with Crippen molar-refractivity contribution in [2.75, 3.05) is 0 Å².